The summed E-state index contributed by atoms with van der Waals surface area (Å²) in [7, 11) is 1.83. The number of benzene rings is 1. The van der Waals surface area contributed by atoms with Crippen molar-refractivity contribution in [3.05, 3.63) is 34.9 Å². The molecule has 0 N–H and O–H groups in total. The third-order valence-corrected chi connectivity index (χ3v) is 3.07. The van der Waals surface area contributed by atoms with Crippen molar-refractivity contribution in [3.63, 3.8) is 0 Å². The zero-order valence-corrected chi connectivity index (χ0v) is 10.8. The standard InChI is InChI=1S/C10H8BrClFN3/c1-16-9(5-11)14-15-10(16)6-2-3-7(12)8(13)4-6/h2-4H,5H2,1H3. The van der Waals surface area contributed by atoms with E-state index in [9.17, 15) is 4.39 Å². The zero-order valence-electron chi connectivity index (χ0n) is 8.41. The minimum atomic E-state index is -0.456. The van der Waals surface area contributed by atoms with E-state index in [1.54, 1.807) is 10.6 Å². The van der Waals surface area contributed by atoms with Gasteiger partial charge in [0.05, 0.1) is 10.4 Å². The molecule has 0 aliphatic rings. The van der Waals surface area contributed by atoms with Crippen LogP contribution in [0, 0.1) is 5.82 Å². The van der Waals surface area contributed by atoms with E-state index in [0.29, 0.717) is 16.7 Å². The SMILES string of the molecule is Cn1c(CBr)nnc1-c1ccc(Cl)c(F)c1. The molecule has 16 heavy (non-hydrogen) atoms. The monoisotopic (exact) mass is 303 g/mol. The lowest BCUT2D eigenvalue weighted by Crippen LogP contribution is -1.97. The van der Waals surface area contributed by atoms with Crippen LogP contribution in [0.15, 0.2) is 18.2 Å². The van der Waals surface area contributed by atoms with Crippen molar-refractivity contribution in [1.82, 2.24) is 14.8 Å². The molecule has 0 radical (unpaired) electrons. The highest BCUT2D eigenvalue weighted by molar-refractivity contribution is 9.08. The maximum Gasteiger partial charge on any atom is 0.163 e. The van der Waals surface area contributed by atoms with E-state index >= 15 is 0 Å². The summed E-state index contributed by atoms with van der Waals surface area (Å²) in [5.74, 6) is 0.943. The van der Waals surface area contributed by atoms with Crippen LogP contribution in [-0.2, 0) is 12.4 Å². The van der Waals surface area contributed by atoms with Gasteiger partial charge in [-0.3, -0.25) is 0 Å². The lowest BCUT2D eigenvalue weighted by Gasteiger charge is -2.03. The number of hydrogen-bond acceptors (Lipinski definition) is 2. The molecule has 0 saturated heterocycles. The molecule has 1 aromatic carbocycles. The lowest BCUT2D eigenvalue weighted by molar-refractivity contribution is 0.628. The first-order chi connectivity index (χ1) is 7.63. The maximum atomic E-state index is 13.3. The van der Waals surface area contributed by atoms with E-state index in [1.165, 1.54) is 12.1 Å². The molecule has 0 atom stereocenters. The number of nitrogens with zero attached hydrogens (tertiary/aromatic N) is 3. The van der Waals surface area contributed by atoms with Crippen molar-refractivity contribution < 1.29 is 4.39 Å². The predicted octanol–water partition coefficient (Wildman–Crippen LogP) is 3.17. The average Bonchev–Trinajstić information content (AvgIpc) is 2.64. The highest BCUT2D eigenvalue weighted by Crippen LogP contribution is 2.23. The van der Waals surface area contributed by atoms with Crippen molar-refractivity contribution in [2.75, 3.05) is 0 Å². The number of halogens is 3. The second-order valence-electron chi connectivity index (χ2n) is 3.26. The Morgan fingerprint density at radius 1 is 1.44 bits per heavy atom. The van der Waals surface area contributed by atoms with Gasteiger partial charge in [-0.15, -0.1) is 10.2 Å². The lowest BCUT2D eigenvalue weighted by atomic mass is 10.2. The van der Waals surface area contributed by atoms with Gasteiger partial charge in [0, 0.05) is 12.6 Å². The first kappa shape index (κ1) is 11.5. The Bertz CT molecular complexity index is 527. The van der Waals surface area contributed by atoms with E-state index in [4.69, 9.17) is 11.6 Å². The van der Waals surface area contributed by atoms with Crippen LogP contribution in [0.3, 0.4) is 0 Å². The molecule has 2 rings (SSSR count). The van der Waals surface area contributed by atoms with Gasteiger partial charge in [0.2, 0.25) is 0 Å². The van der Waals surface area contributed by atoms with Gasteiger partial charge in [-0.2, -0.15) is 0 Å². The fraction of sp³-hybridized carbons (Fsp3) is 0.200. The van der Waals surface area contributed by atoms with Crippen molar-refractivity contribution in [2.45, 2.75) is 5.33 Å². The highest BCUT2D eigenvalue weighted by atomic mass is 79.9. The smallest absolute Gasteiger partial charge is 0.163 e. The maximum absolute atomic E-state index is 13.3. The molecular weight excluding hydrogens is 296 g/mol. The van der Waals surface area contributed by atoms with Gasteiger partial charge in [0.1, 0.15) is 11.6 Å². The molecule has 0 aliphatic heterocycles. The number of hydrogen-bond donors (Lipinski definition) is 0. The largest absolute Gasteiger partial charge is 0.313 e. The summed E-state index contributed by atoms with van der Waals surface area (Å²) in [5, 5.41) is 8.68. The van der Waals surface area contributed by atoms with Crippen molar-refractivity contribution in [2.24, 2.45) is 7.05 Å². The van der Waals surface area contributed by atoms with Crippen LogP contribution in [-0.4, -0.2) is 14.8 Å². The number of rotatable bonds is 2. The summed E-state index contributed by atoms with van der Waals surface area (Å²) < 4.78 is 15.1. The molecule has 0 saturated carbocycles. The molecular formula is C10H8BrClFN3. The zero-order chi connectivity index (χ0) is 11.7. The summed E-state index contributed by atoms with van der Waals surface area (Å²) in [5.41, 5.74) is 0.657. The van der Waals surface area contributed by atoms with Crippen LogP contribution in [0.2, 0.25) is 5.02 Å². The minimum absolute atomic E-state index is 0.103. The molecule has 6 heteroatoms. The molecule has 0 bridgehead atoms. The molecule has 2 aromatic rings. The van der Waals surface area contributed by atoms with E-state index in [1.807, 2.05) is 7.05 Å². The van der Waals surface area contributed by atoms with Crippen LogP contribution in [0.4, 0.5) is 4.39 Å². The predicted molar refractivity (Wildman–Crippen MR) is 64.0 cm³/mol. The average molecular weight is 305 g/mol. The van der Waals surface area contributed by atoms with Crippen LogP contribution in [0.25, 0.3) is 11.4 Å². The molecule has 0 aliphatic carbocycles. The normalized spacial score (nSPS) is 10.8. The Balaban J connectivity index is 2.50. The molecule has 1 heterocycles. The third-order valence-electron chi connectivity index (χ3n) is 2.26. The Morgan fingerprint density at radius 2 is 2.19 bits per heavy atom. The summed E-state index contributed by atoms with van der Waals surface area (Å²) in [6.07, 6.45) is 0. The molecule has 0 amide bonds. The molecule has 0 spiro atoms. The second kappa shape index (κ2) is 4.51. The molecule has 0 unspecified atom stereocenters. The molecule has 84 valence electrons. The fourth-order valence-electron chi connectivity index (χ4n) is 1.36. The van der Waals surface area contributed by atoms with Crippen molar-refractivity contribution in [3.8, 4) is 11.4 Å². The van der Waals surface area contributed by atoms with E-state index in [2.05, 4.69) is 26.1 Å². The Morgan fingerprint density at radius 3 is 2.75 bits per heavy atom. The Hall–Kier alpha value is -0.940. The van der Waals surface area contributed by atoms with Gasteiger partial charge >= 0.3 is 0 Å². The van der Waals surface area contributed by atoms with Crippen LogP contribution < -0.4 is 0 Å². The number of alkyl halides is 1. The Labute approximate surface area is 105 Å². The first-order valence-electron chi connectivity index (χ1n) is 4.53. The number of aromatic nitrogens is 3. The van der Waals surface area contributed by atoms with Gasteiger partial charge in [0.15, 0.2) is 5.82 Å². The first-order valence-corrected chi connectivity index (χ1v) is 6.03. The minimum Gasteiger partial charge on any atom is -0.313 e. The van der Waals surface area contributed by atoms with Gasteiger partial charge in [0.25, 0.3) is 0 Å². The van der Waals surface area contributed by atoms with Crippen molar-refractivity contribution in [1.29, 1.82) is 0 Å². The topological polar surface area (TPSA) is 30.7 Å². The second-order valence-corrected chi connectivity index (χ2v) is 4.23. The van der Waals surface area contributed by atoms with Gasteiger partial charge in [-0.05, 0) is 18.2 Å². The summed E-state index contributed by atoms with van der Waals surface area (Å²) in [4.78, 5) is 0. The Kier molecular flexibility index (Phi) is 3.25. The van der Waals surface area contributed by atoms with Gasteiger partial charge in [-0.25, -0.2) is 4.39 Å². The molecule has 0 fully saturated rings. The van der Waals surface area contributed by atoms with Crippen LogP contribution in [0.5, 0.6) is 0 Å². The quantitative estimate of drug-likeness (QED) is 0.798. The van der Waals surface area contributed by atoms with E-state index < -0.39 is 5.82 Å². The molecule has 3 nitrogen and oxygen atoms in total. The van der Waals surface area contributed by atoms with Crippen molar-refractivity contribution >= 4 is 27.5 Å². The third kappa shape index (κ3) is 1.97. The summed E-state index contributed by atoms with van der Waals surface area (Å²) in [6.45, 7) is 0. The van der Waals surface area contributed by atoms with Gasteiger partial charge in [-0.1, -0.05) is 27.5 Å². The van der Waals surface area contributed by atoms with Crippen LogP contribution >= 0.6 is 27.5 Å². The van der Waals surface area contributed by atoms with Crippen LogP contribution in [0.1, 0.15) is 5.82 Å². The summed E-state index contributed by atoms with van der Waals surface area (Å²) >= 11 is 8.92. The van der Waals surface area contributed by atoms with E-state index in [0.717, 1.165) is 5.82 Å². The highest BCUT2D eigenvalue weighted by Gasteiger charge is 2.11. The fourth-order valence-corrected chi connectivity index (χ4v) is 1.97. The van der Waals surface area contributed by atoms with E-state index in [-0.39, 0.29) is 5.02 Å². The summed E-state index contributed by atoms with van der Waals surface area (Å²) in [6, 6.07) is 4.58. The molecule has 1 aromatic heterocycles. The van der Waals surface area contributed by atoms with Gasteiger partial charge < -0.3 is 4.57 Å².